The quantitative estimate of drug-likeness (QED) is 0.889. The van der Waals surface area contributed by atoms with Gasteiger partial charge in [0.25, 0.3) is 0 Å². The van der Waals surface area contributed by atoms with Gasteiger partial charge in [0.1, 0.15) is 0 Å². The van der Waals surface area contributed by atoms with Gasteiger partial charge in [0.15, 0.2) is 0 Å². The van der Waals surface area contributed by atoms with Crippen LogP contribution in [0.25, 0.3) is 0 Å². The highest BCUT2D eigenvalue weighted by molar-refractivity contribution is 7.89. The van der Waals surface area contributed by atoms with Gasteiger partial charge in [-0.25, -0.2) is 8.42 Å². The lowest BCUT2D eigenvalue weighted by molar-refractivity contribution is -0.120. The average Bonchev–Trinajstić information content (AvgIpc) is 2.62. The fourth-order valence-electron chi connectivity index (χ4n) is 3.50. The summed E-state index contributed by atoms with van der Waals surface area (Å²) in [5.74, 6) is 0.0309. The van der Waals surface area contributed by atoms with E-state index >= 15 is 0 Å². The lowest BCUT2D eigenvalue weighted by Crippen LogP contribution is -2.44. The third-order valence-corrected chi connectivity index (χ3v) is 6.78. The smallest absolute Gasteiger partial charge is 0.243 e. The number of amides is 1. The number of carbonyl (C=O) groups is 1. The third kappa shape index (κ3) is 4.40. The Morgan fingerprint density at radius 1 is 1.24 bits per heavy atom. The number of nitrogens with one attached hydrogen (secondary N) is 1. The minimum atomic E-state index is -3.58. The number of rotatable bonds is 4. The van der Waals surface area contributed by atoms with E-state index < -0.39 is 10.0 Å². The zero-order valence-corrected chi connectivity index (χ0v) is 15.4. The Balaban J connectivity index is 1.73. The average molecular weight is 366 g/mol. The van der Waals surface area contributed by atoms with Gasteiger partial charge in [-0.15, -0.1) is 0 Å². The molecule has 2 fully saturated rings. The van der Waals surface area contributed by atoms with Crippen LogP contribution in [0.15, 0.2) is 29.2 Å². The van der Waals surface area contributed by atoms with E-state index in [-0.39, 0.29) is 22.8 Å². The molecule has 138 valence electrons. The number of hydrogen-bond acceptors (Lipinski definition) is 4. The van der Waals surface area contributed by atoms with Crippen molar-refractivity contribution < 1.29 is 17.9 Å². The van der Waals surface area contributed by atoms with E-state index in [0.717, 1.165) is 25.7 Å². The maximum absolute atomic E-state index is 12.8. The van der Waals surface area contributed by atoms with Gasteiger partial charge in [0.05, 0.1) is 17.6 Å². The Labute approximate surface area is 149 Å². The van der Waals surface area contributed by atoms with E-state index in [0.29, 0.717) is 25.4 Å². The summed E-state index contributed by atoms with van der Waals surface area (Å²) >= 11 is 0. The van der Waals surface area contributed by atoms with Crippen LogP contribution in [0.3, 0.4) is 0 Å². The molecule has 1 aliphatic heterocycles. The first-order chi connectivity index (χ1) is 12.0. The predicted octanol–water partition coefficient (Wildman–Crippen LogP) is 2.61. The van der Waals surface area contributed by atoms with Crippen LogP contribution in [0.2, 0.25) is 0 Å². The number of nitrogens with zero attached hydrogens (tertiary/aromatic N) is 1. The van der Waals surface area contributed by atoms with Gasteiger partial charge in [0.2, 0.25) is 15.9 Å². The van der Waals surface area contributed by atoms with Crippen molar-refractivity contribution in [2.75, 3.05) is 25.0 Å². The van der Waals surface area contributed by atoms with Gasteiger partial charge >= 0.3 is 0 Å². The summed E-state index contributed by atoms with van der Waals surface area (Å²) in [6.45, 7) is 2.97. The van der Waals surface area contributed by atoms with Crippen LogP contribution < -0.4 is 5.32 Å². The number of carbonyl (C=O) groups excluding carboxylic acids is 1. The normalized spacial score (nSPS) is 23.3. The second kappa shape index (κ2) is 7.85. The van der Waals surface area contributed by atoms with Gasteiger partial charge in [-0.3, -0.25) is 4.79 Å². The van der Waals surface area contributed by atoms with E-state index in [1.165, 1.54) is 10.7 Å². The molecule has 1 atom stereocenters. The van der Waals surface area contributed by atoms with Crippen molar-refractivity contribution in [2.24, 2.45) is 5.92 Å². The molecule has 2 aliphatic rings. The minimum absolute atomic E-state index is 0.00533. The zero-order valence-electron chi connectivity index (χ0n) is 14.6. The van der Waals surface area contributed by atoms with Crippen LogP contribution in [-0.4, -0.2) is 44.4 Å². The van der Waals surface area contributed by atoms with Crippen molar-refractivity contribution in [2.45, 2.75) is 50.0 Å². The molecule has 7 heteroatoms. The van der Waals surface area contributed by atoms with Crippen molar-refractivity contribution in [3.8, 4) is 0 Å². The molecule has 1 aromatic carbocycles. The van der Waals surface area contributed by atoms with Crippen LogP contribution in [0, 0.1) is 5.92 Å². The number of ether oxygens (including phenoxy) is 1. The molecular weight excluding hydrogens is 340 g/mol. The molecule has 3 rings (SSSR count). The molecule has 1 heterocycles. The van der Waals surface area contributed by atoms with Crippen molar-refractivity contribution in [1.82, 2.24) is 4.31 Å². The summed E-state index contributed by atoms with van der Waals surface area (Å²) in [6, 6.07) is 6.54. The molecule has 0 bridgehead atoms. The highest BCUT2D eigenvalue weighted by atomic mass is 32.2. The number of hydrogen-bond donors (Lipinski definition) is 1. The summed E-state index contributed by atoms with van der Waals surface area (Å²) in [5, 5.41) is 2.89. The Hall–Kier alpha value is -1.44. The molecule has 0 radical (unpaired) electrons. The summed E-state index contributed by atoms with van der Waals surface area (Å²) in [7, 11) is -3.58. The number of benzene rings is 1. The monoisotopic (exact) mass is 366 g/mol. The molecule has 1 saturated heterocycles. The van der Waals surface area contributed by atoms with Crippen LogP contribution >= 0.6 is 0 Å². The molecule has 1 N–H and O–H groups in total. The van der Waals surface area contributed by atoms with Crippen molar-refractivity contribution in [3.63, 3.8) is 0 Å². The lowest BCUT2D eigenvalue weighted by atomic mass is 9.88. The summed E-state index contributed by atoms with van der Waals surface area (Å²) in [4.78, 5) is 12.6. The van der Waals surface area contributed by atoms with E-state index in [4.69, 9.17) is 4.74 Å². The third-order valence-electron chi connectivity index (χ3n) is 4.92. The number of anilines is 1. The second-order valence-corrected chi connectivity index (χ2v) is 8.83. The van der Waals surface area contributed by atoms with Crippen molar-refractivity contribution >= 4 is 21.6 Å². The van der Waals surface area contributed by atoms with Gasteiger partial charge in [-0.2, -0.15) is 4.31 Å². The first-order valence-electron chi connectivity index (χ1n) is 8.99. The van der Waals surface area contributed by atoms with Gasteiger partial charge in [-0.05, 0) is 38.0 Å². The summed E-state index contributed by atoms with van der Waals surface area (Å²) < 4.78 is 32.5. The Bertz CT molecular complexity index is 714. The van der Waals surface area contributed by atoms with E-state index in [1.54, 1.807) is 24.3 Å². The number of sulfonamides is 1. The van der Waals surface area contributed by atoms with Gasteiger partial charge in [-0.1, -0.05) is 25.3 Å². The van der Waals surface area contributed by atoms with Crippen molar-refractivity contribution in [3.05, 3.63) is 24.3 Å². The maximum atomic E-state index is 12.8. The molecule has 1 unspecified atom stereocenters. The second-order valence-electron chi connectivity index (χ2n) is 6.90. The van der Waals surface area contributed by atoms with E-state index in [9.17, 15) is 13.2 Å². The maximum Gasteiger partial charge on any atom is 0.243 e. The topological polar surface area (TPSA) is 75.7 Å². The van der Waals surface area contributed by atoms with Gasteiger partial charge in [0, 0.05) is 24.7 Å². The molecule has 1 aliphatic carbocycles. The Morgan fingerprint density at radius 3 is 2.72 bits per heavy atom. The highest BCUT2D eigenvalue weighted by Gasteiger charge is 2.29. The molecule has 6 nitrogen and oxygen atoms in total. The van der Waals surface area contributed by atoms with Gasteiger partial charge < -0.3 is 10.1 Å². The Kier molecular flexibility index (Phi) is 5.76. The fourth-order valence-corrected chi connectivity index (χ4v) is 5.04. The first kappa shape index (κ1) is 18.4. The molecule has 1 aromatic rings. The molecule has 1 saturated carbocycles. The van der Waals surface area contributed by atoms with Crippen LogP contribution in [0.5, 0.6) is 0 Å². The summed E-state index contributed by atoms with van der Waals surface area (Å²) in [5.41, 5.74) is 0.540. The molecule has 25 heavy (non-hydrogen) atoms. The number of morpholine rings is 1. The van der Waals surface area contributed by atoms with Crippen molar-refractivity contribution in [1.29, 1.82) is 0 Å². The lowest BCUT2D eigenvalue weighted by Gasteiger charge is -2.30. The molecule has 0 spiro atoms. The van der Waals surface area contributed by atoms with Crippen LogP contribution in [-0.2, 0) is 19.6 Å². The summed E-state index contributed by atoms with van der Waals surface area (Å²) in [6.07, 6.45) is 5.07. The SMILES string of the molecule is CC1CN(S(=O)(=O)c2cccc(NC(=O)C3CCCCC3)c2)CCO1. The highest BCUT2D eigenvalue weighted by Crippen LogP contribution is 2.26. The zero-order chi connectivity index (χ0) is 17.9. The molecular formula is C18H26N2O4S. The fraction of sp³-hybridized carbons (Fsp3) is 0.611. The van der Waals surface area contributed by atoms with Crippen LogP contribution in [0.1, 0.15) is 39.0 Å². The molecule has 1 amide bonds. The largest absolute Gasteiger partial charge is 0.376 e. The standard InChI is InChI=1S/C18H26N2O4S/c1-14-13-20(10-11-24-14)25(22,23)17-9-5-8-16(12-17)19-18(21)15-6-3-2-4-7-15/h5,8-9,12,14-15H,2-4,6-7,10-11,13H2,1H3,(H,19,21). The minimum Gasteiger partial charge on any atom is -0.376 e. The van der Waals surface area contributed by atoms with E-state index in [1.807, 2.05) is 6.92 Å². The molecule has 0 aromatic heterocycles. The first-order valence-corrected chi connectivity index (χ1v) is 10.4. The predicted molar refractivity (Wildman–Crippen MR) is 95.8 cm³/mol. The van der Waals surface area contributed by atoms with Crippen LogP contribution in [0.4, 0.5) is 5.69 Å². The van der Waals surface area contributed by atoms with E-state index in [2.05, 4.69) is 5.32 Å². The Morgan fingerprint density at radius 2 is 2.00 bits per heavy atom.